The van der Waals surface area contributed by atoms with E-state index in [1.165, 1.54) is 12.1 Å². The molecule has 7 rings (SSSR count). The summed E-state index contributed by atoms with van der Waals surface area (Å²) in [6.07, 6.45) is 4.75. The lowest BCUT2D eigenvalue weighted by Gasteiger charge is -2.36. The van der Waals surface area contributed by atoms with Gasteiger partial charge >= 0.3 is 0 Å². The summed E-state index contributed by atoms with van der Waals surface area (Å²) in [6, 6.07) is 18.4. The second-order valence-electron chi connectivity index (χ2n) is 14.1. The predicted molar refractivity (Wildman–Crippen MR) is 212 cm³/mol. The summed E-state index contributed by atoms with van der Waals surface area (Å²) in [7, 11) is 0. The van der Waals surface area contributed by atoms with Crippen molar-refractivity contribution < 1.29 is 32.7 Å². The molecule has 1 aromatic heterocycles. The van der Waals surface area contributed by atoms with E-state index in [0.29, 0.717) is 49.2 Å². The summed E-state index contributed by atoms with van der Waals surface area (Å²) in [5.41, 5.74) is 4.41. The molecule has 3 aromatic carbocycles. The molecule has 0 radical (unpaired) electrons. The van der Waals surface area contributed by atoms with Crippen LogP contribution in [0.3, 0.4) is 0 Å². The fourth-order valence-electron chi connectivity index (χ4n) is 7.09. The highest BCUT2D eigenvalue weighted by Crippen LogP contribution is 2.30. The average Bonchev–Trinajstić information content (AvgIpc) is 3.45. The molecular weight excluding hydrogens is 751 g/mol. The first-order chi connectivity index (χ1) is 27.5. The Kier molecular flexibility index (Phi) is 11.9. The van der Waals surface area contributed by atoms with Crippen LogP contribution in [0.2, 0.25) is 0 Å². The van der Waals surface area contributed by atoms with Crippen LogP contribution in [0, 0.1) is 6.92 Å². The van der Waals surface area contributed by atoms with Gasteiger partial charge in [0.2, 0.25) is 23.7 Å². The van der Waals surface area contributed by atoms with Crippen molar-refractivity contribution in [1.29, 1.82) is 0 Å². The molecule has 2 fully saturated rings. The van der Waals surface area contributed by atoms with E-state index >= 15 is 0 Å². The molecular formula is C40H42N9O7S-. The van der Waals surface area contributed by atoms with Crippen LogP contribution in [0.4, 0.5) is 34.5 Å². The second-order valence-corrected chi connectivity index (χ2v) is 15.0. The number of anilines is 6. The average molecular weight is 793 g/mol. The van der Waals surface area contributed by atoms with Crippen LogP contribution in [0.1, 0.15) is 64.8 Å². The molecule has 57 heavy (non-hydrogen) atoms. The zero-order valence-corrected chi connectivity index (χ0v) is 32.1. The van der Waals surface area contributed by atoms with Gasteiger partial charge in [0.25, 0.3) is 11.8 Å². The molecule has 296 valence electrons. The highest BCUT2D eigenvalue weighted by molar-refractivity contribution is 7.79. The smallest absolute Gasteiger partial charge is 0.262 e. The molecule has 3 aliphatic heterocycles. The SMILES string of the molecule is Cc1cnc(Nc2ccc(N3CCN(C(=O)CCCCCNc4ccc5c(c4)C(=O)N(C4CCC(=O)NC4=O)C5=O)CC3)cc2)nc1Nc1cccc(S(=O)[O-])c1. The van der Waals surface area contributed by atoms with Gasteiger partial charge in [-0.25, -0.2) is 4.98 Å². The van der Waals surface area contributed by atoms with Crippen molar-refractivity contribution in [2.75, 3.05) is 53.6 Å². The van der Waals surface area contributed by atoms with Gasteiger partial charge in [0.05, 0.1) is 11.1 Å². The summed E-state index contributed by atoms with van der Waals surface area (Å²) in [4.78, 5) is 77.1. The number of rotatable bonds is 14. The number of benzene rings is 3. The summed E-state index contributed by atoms with van der Waals surface area (Å²) >= 11 is -2.33. The maximum absolute atomic E-state index is 13.1. The van der Waals surface area contributed by atoms with Crippen molar-refractivity contribution in [1.82, 2.24) is 25.1 Å². The number of unbranched alkanes of at least 4 members (excludes halogenated alkanes) is 2. The maximum Gasteiger partial charge on any atom is 0.262 e. The van der Waals surface area contributed by atoms with Crippen LogP contribution in [0.5, 0.6) is 0 Å². The highest BCUT2D eigenvalue weighted by atomic mass is 32.2. The number of carbonyl (C=O) groups excluding carboxylic acids is 5. The number of carbonyl (C=O) groups is 5. The topological polar surface area (TPSA) is 209 Å². The third kappa shape index (κ3) is 9.10. The Balaban J connectivity index is 0.809. The standard InChI is InChI=1S/C40H43N9O7S/c1-25-24-42-40(46-36(25)43-28-6-5-7-30(22-28)57(55)56)44-26-9-12-29(13-10-26)47-18-20-48(21-19-47)35(51)8-3-2-4-17-41-27-11-14-31-32(23-27)39(54)49(38(31)53)33-15-16-34(50)45-37(33)52/h5-7,9-14,22-24,33,41H,2-4,8,15-21H2,1H3,(H,55,56)(H,45,50,52)(H2,42,43,44,46)/p-1. The number of piperidine rings is 1. The van der Waals surface area contributed by atoms with E-state index in [4.69, 9.17) is 0 Å². The largest absolute Gasteiger partial charge is 0.768 e. The van der Waals surface area contributed by atoms with Crippen molar-refractivity contribution in [2.24, 2.45) is 0 Å². The quantitative estimate of drug-likeness (QED) is 0.0802. The molecule has 5 amide bonds. The minimum atomic E-state index is -2.33. The van der Waals surface area contributed by atoms with Crippen LogP contribution >= 0.6 is 0 Å². The third-order valence-corrected chi connectivity index (χ3v) is 10.9. The maximum atomic E-state index is 13.1. The van der Waals surface area contributed by atoms with Crippen molar-refractivity contribution in [3.63, 3.8) is 0 Å². The third-order valence-electron chi connectivity index (χ3n) is 10.2. The monoisotopic (exact) mass is 792 g/mol. The van der Waals surface area contributed by atoms with Gasteiger partial charge in [0.1, 0.15) is 11.9 Å². The first kappa shape index (κ1) is 39.1. The van der Waals surface area contributed by atoms with Gasteiger partial charge in [-0.05, 0) is 97.9 Å². The van der Waals surface area contributed by atoms with Gasteiger partial charge in [-0.15, -0.1) is 0 Å². The van der Waals surface area contributed by atoms with Crippen molar-refractivity contribution in [2.45, 2.75) is 56.4 Å². The Morgan fingerprint density at radius 2 is 1.63 bits per heavy atom. The Labute approximate surface area is 331 Å². The molecule has 4 aromatic rings. The Bertz CT molecular complexity index is 2230. The van der Waals surface area contributed by atoms with E-state index < -0.39 is 40.8 Å². The van der Waals surface area contributed by atoms with Gasteiger partial charge in [-0.3, -0.25) is 38.4 Å². The molecule has 2 atom stereocenters. The number of nitrogens with zero attached hydrogens (tertiary/aromatic N) is 5. The molecule has 3 aliphatic rings. The normalized spacial score (nSPS) is 17.3. The summed E-state index contributed by atoms with van der Waals surface area (Å²) in [5.74, 6) is -1.04. The fraction of sp³-hybridized carbons (Fsp3) is 0.325. The summed E-state index contributed by atoms with van der Waals surface area (Å²) in [5, 5.41) is 11.9. The van der Waals surface area contributed by atoms with E-state index in [9.17, 15) is 32.7 Å². The molecule has 4 N–H and O–H groups in total. The highest BCUT2D eigenvalue weighted by Gasteiger charge is 2.44. The molecule has 2 saturated heterocycles. The number of aryl methyl sites for hydroxylation is 1. The zero-order chi connectivity index (χ0) is 40.1. The Morgan fingerprint density at radius 3 is 2.39 bits per heavy atom. The lowest BCUT2D eigenvalue weighted by Crippen LogP contribution is -2.54. The minimum absolute atomic E-state index is 0.0693. The van der Waals surface area contributed by atoms with Gasteiger partial charge < -0.3 is 30.3 Å². The van der Waals surface area contributed by atoms with E-state index in [1.807, 2.05) is 36.1 Å². The van der Waals surface area contributed by atoms with E-state index in [-0.39, 0.29) is 34.8 Å². The van der Waals surface area contributed by atoms with Crippen LogP contribution in [0.25, 0.3) is 0 Å². The predicted octanol–water partition coefficient (Wildman–Crippen LogP) is 4.23. The first-order valence-corrected chi connectivity index (χ1v) is 19.9. The van der Waals surface area contributed by atoms with Gasteiger partial charge in [-0.2, -0.15) is 4.98 Å². The Morgan fingerprint density at radius 1 is 0.877 bits per heavy atom. The number of piperazine rings is 1. The van der Waals surface area contributed by atoms with Crippen LogP contribution in [-0.2, 0) is 25.5 Å². The fourth-order valence-corrected chi connectivity index (χ4v) is 7.50. The number of imide groups is 2. The zero-order valence-electron chi connectivity index (χ0n) is 31.3. The van der Waals surface area contributed by atoms with E-state index in [2.05, 4.69) is 36.1 Å². The lowest BCUT2D eigenvalue weighted by atomic mass is 10.0. The van der Waals surface area contributed by atoms with Gasteiger partial charge in [0, 0.05) is 85.0 Å². The molecule has 2 unspecified atom stereocenters. The lowest BCUT2D eigenvalue weighted by molar-refractivity contribution is -0.136. The number of aromatic nitrogens is 2. The molecule has 0 spiro atoms. The number of fused-ring (bicyclic) bond motifs is 1. The second kappa shape index (κ2) is 17.3. The van der Waals surface area contributed by atoms with Crippen molar-refractivity contribution in [3.8, 4) is 0 Å². The molecule has 0 bridgehead atoms. The van der Waals surface area contributed by atoms with E-state index in [0.717, 1.165) is 54.2 Å². The number of hydrogen-bond acceptors (Lipinski definition) is 13. The molecule has 0 saturated carbocycles. The summed E-state index contributed by atoms with van der Waals surface area (Å²) in [6.45, 7) is 5.21. The van der Waals surface area contributed by atoms with E-state index in [1.54, 1.807) is 36.5 Å². The van der Waals surface area contributed by atoms with Crippen LogP contribution in [0.15, 0.2) is 77.8 Å². The minimum Gasteiger partial charge on any atom is -0.768 e. The molecule has 0 aliphatic carbocycles. The number of hydrogen-bond donors (Lipinski definition) is 4. The molecule has 17 heteroatoms. The molecule has 4 heterocycles. The van der Waals surface area contributed by atoms with Crippen molar-refractivity contribution in [3.05, 3.63) is 89.6 Å². The first-order valence-electron chi connectivity index (χ1n) is 18.8. The number of amides is 5. The van der Waals surface area contributed by atoms with Crippen LogP contribution in [-0.4, -0.2) is 96.8 Å². The summed E-state index contributed by atoms with van der Waals surface area (Å²) < 4.78 is 22.7. The van der Waals surface area contributed by atoms with Crippen molar-refractivity contribution >= 4 is 75.1 Å². The van der Waals surface area contributed by atoms with Gasteiger partial charge in [-0.1, -0.05) is 12.5 Å². The van der Waals surface area contributed by atoms with Gasteiger partial charge in [0.15, 0.2) is 0 Å². The number of nitrogens with one attached hydrogen (secondary N) is 4. The van der Waals surface area contributed by atoms with Crippen LogP contribution < -0.4 is 26.2 Å². The Hall–Kier alpha value is -6.20. The molecule has 16 nitrogen and oxygen atoms in total.